The molecule has 44 heavy (non-hydrogen) atoms. The number of rotatable bonds is 8. The van der Waals surface area contributed by atoms with Crippen molar-refractivity contribution >= 4 is 38.5 Å². The summed E-state index contributed by atoms with van der Waals surface area (Å²) < 4.78 is 6.80. The first-order valence-corrected chi connectivity index (χ1v) is 17.0. The van der Waals surface area contributed by atoms with Crippen LogP contribution in [0.15, 0.2) is 30.6 Å². The summed E-state index contributed by atoms with van der Waals surface area (Å²) in [6, 6.07) is 6.76. The first-order valence-electron chi connectivity index (χ1n) is 16.2. The zero-order valence-corrected chi connectivity index (χ0v) is 26.0. The molecule has 10 nitrogen and oxygen atoms in total. The van der Waals surface area contributed by atoms with Gasteiger partial charge in [0.05, 0.1) is 27.8 Å². The van der Waals surface area contributed by atoms with Crippen LogP contribution in [0.3, 0.4) is 0 Å². The number of nitrogens with zero attached hydrogens (tertiary/aromatic N) is 5. The third-order valence-electron chi connectivity index (χ3n) is 10.9. The quantitative estimate of drug-likeness (QED) is 0.386. The van der Waals surface area contributed by atoms with Crippen molar-refractivity contribution in [2.75, 3.05) is 25.0 Å². The van der Waals surface area contributed by atoms with E-state index in [0.717, 1.165) is 98.3 Å². The van der Waals surface area contributed by atoms with Crippen molar-refractivity contribution in [1.29, 1.82) is 0 Å². The first kappa shape index (κ1) is 28.5. The lowest BCUT2D eigenvalue weighted by Crippen LogP contribution is -2.66. The van der Waals surface area contributed by atoms with E-state index in [-0.39, 0.29) is 30.0 Å². The molecule has 3 heterocycles. The summed E-state index contributed by atoms with van der Waals surface area (Å²) in [7, 11) is 0. The number of aliphatic hydroxyl groups excluding tert-OH is 1. The third-order valence-corrected chi connectivity index (χ3v) is 11.8. The number of hydrogen-bond acceptors (Lipinski definition) is 9. The number of hydrogen-bond donors (Lipinski definition) is 2. The molecule has 0 spiro atoms. The normalized spacial score (nSPS) is 33.0. The van der Waals surface area contributed by atoms with Crippen molar-refractivity contribution in [3.8, 4) is 11.1 Å². The number of fused-ring (bicyclic) bond motifs is 1. The summed E-state index contributed by atoms with van der Waals surface area (Å²) in [6.07, 6.45) is 10.8. The van der Waals surface area contributed by atoms with Crippen LogP contribution >= 0.6 is 11.3 Å². The van der Waals surface area contributed by atoms with E-state index in [2.05, 4.69) is 43.1 Å². The molecule has 5 saturated carbocycles. The minimum atomic E-state index is -0.393. The highest BCUT2D eigenvalue weighted by Crippen LogP contribution is 2.65. The lowest BCUT2D eigenvalue weighted by atomic mass is 9.44. The number of ether oxygens (including phenoxy) is 1. The second-order valence-corrected chi connectivity index (χ2v) is 14.9. The minimum absolute atomic E-state index is 0.00471. The summed E-state index contributed by atoms with van der Waals surface area (Å²) in [5.41, 5.74) is 2.74. The summed E-state index contributed by atoms with van der Waals surface area (Å²) >= 11 is 1.48. The predicted molar refractivity (Wildman–Crippen MR) is 167 cm³/mol. The van der Waals surface area contributed by atoms with E-state index in [1.54, 1.807) is 12.4 Å². The van der Waals surface area contributed by atoms with Gasteiger partial charge in [0.25, 0.3) is 0 Å². The molecule has 11 heteroatoms. The molecule has 0 radical (unpaired) electrons. The van der Waals surface area contributed by atoms with Crippen molar-refractivity contribution in [3.05, 3.63) is 36.4 Å². The maximum Gasteiger partial charge on any atom is 0.229 e. The fourth-order valence-electron chi connectivity index (χ4n) is 8.07. The molecule has 3 atom stereocenters. The molecule has 1 aliphatic heterocycles. The number of piperazine rings is 1. The first-order chi connectivity index (χ1) is 21.3. The van der Waals surface area contributed by atoms with Crippen LogP contribution < -0.4 is 5.32 Å². The Bertz CT molecular complexity index is 1550. The van der Waals surface area contributed by atoms with Crippen molar-refractivity contribution in [1.82, 2.24) is 24.8 Å². The molecule has 2 N–H and O–H groups in total. The molecule has 2 aromatic heterocycles. The van der Waals surface area contributed by atoms with Crippen LogP contribution in [0, 0.1) is 17.3 Å². The average Bonchev–Trinajstić information content (AvgIpc) is 3.54. The monoisotopic (exact) mass is 616 g/mol. The van der Waals surface area contributed by atoms with Gasteiger partial charge in [0.1, 0.15) is 6.61 Å². The fraction of sp³-hybridized carbons (Fsp3) is 0.606. The van der Waals surface area contributed by atoms with Crippen LogP contribution in [0.4, 0.5) is 5.13 Å². The predicted octanol–water partition coefficient (Wildman–Crippen LogP) is 4.23. The molecule has 0 unspecified atom stereocenters. The number of benzene rings is 1. The Kier molecular flexibility index (Phi) is 7.20. The molecule has 1 aromatic carbocycles. The van der Waals surface area contributed by atoms with Crippen LogP contribution in [0.2, 0.25) is 0 Å². The lowest BCUT2D eigenvalue weighted by Gasteiger charge is -2.62. The summed E-state index contributed by atoms with van der Waals surface area (Å²) in [5.74, 6) is 1.85. The highest BCUT2D eigenvalue weighted by atomic mass is 32.1. The summed E-state index contributed by atoms with van der Waals surface area (Å²) in [4.78, 5) is 44.3. The van der Waals surface area contributed by atoms with Crippen molar-refractivity contribution in [3.63, 3.8) is 0 Å². The number of nitrogens with one attached hydrogen (secondary N) is 1. The zero-order chi connectivity index (χ0) is 30.0. The maximum absolute atomic E-state index is 13.1. The lowest BCUT2D eigenvalue weighted by molar-refractivity contribution is -0.180. The Morgan fingerprint density at radius 2 is 1.91 bits per heavy atom. The maximum atomic E-state index is 13.1. The van der Waals surface area contributed by atoms with Crippen LogP contribution in [-0.4, -0.2) is 85.6 Å². The van der Waals surface area contributed by atoms with E-state index in [4.69, 9.17) is 4.74 Å². The second kappa shape index (κ2) is 11.1. The van der Waals surface area contributed by atoms with Gasteiger partial charge in [0.2, 0.25) is 11.8 Å². The van der Waals surface area contributed by atoms with Crippen molar-refractivity contribution < 1.29 is 19.4 Å². The van der Waals surface area contributed by atoms with Gasteiger partial charge < -0.3 is 20.1 Å². The SMILES string of the molecule is C[C@H]1CN(C(=O)C23CC(C2)C3)CCN1[C@H]1C[C@@H](C(=O)Nc2nc3ccc(-c4cnc(CO[C@H]5CCC[C@@H]5O)nc4)cc3s2)C1. The largest absolute Gasteiger partial charge is 0.390 e. The van der Waals surface area contributed by atoms with Crippen LogP contribution in [0.25, 0.3) is 21.3 Å². The molecular formula is C33H40N6O4S. The Balaban J connectivity index is 0.831. The smallest absolute Gasteiger partial charge is 0.229 e. The van der Waals surface area contributed by atoms with Crippen LogP contribution in [0.5, 0.6) is 0 Å². The molecule has 3 aromatic rings. The number of carbonyl (C=O) groups is 2. The number of carbonyl (C=O) groups excluding carboxylic acids is 2. The van der Waals surface area contributed by atoms with Gasteiger partial charge in [-0.25, -0.2) is 15.0 Å². The van der Waals surface area contributed by atoms with Crippen LogP contribution in [-0.2, 0) is 20.9 Å². The Morgan fingerprint density at radius 3 is 2.59 bits per heavy atom. The standard InChI is InChI=1S/C33H40N6O4S/c1-19-17-38(31(42)33-12-20(13-33)14-33)7-8-39(19)24-9-22(10-24)30(41)37-32-36-25-6-5-21(11-28(25)44-32)23-15-34-29(35-16-23)18-43-27-4-2-3-26(27)40/h5-6,11,15-16,19-20,22,24,26-27,40H,2-4,7-10,12-14,17-18H2,1H3,(H,36,37,41)/t19-,20?,22-,24+,26-,27-,33?/m0/s1. The molecule has 1 saturated heterocycles. The molecular weight excluding hydrogens is 576 g/mol. The molecule has 2 amide bonds. The summed E-state index contributed by atoms with van der Waals surface area (Å²) in [6.45, 7) is 5.04. The van der Waals surface area contributed by atoms with E-state index in [1.165, 1.54) is 11.3 Å². The van der Waals surface area contributed by atoms with Gasteiger partial charge in [-0.05, 0) is 81.9 Å². The minimum Gasteiger partial charge on any atom is -0.390 e. The average molecular weight is 617 g/mol. The highest BCUT2D eigenvalue weighted by Gasteiger charge is 2.62. The highest BCUT2D eigenvalue weighted by molar-refractivity contribution is 7.22. The van der Waals surface area contributed by atoms with E-state index in [1.807, 2.05) is 12.1 Å². The molecule has 5 aliphatic carbocycles. The Hall–Kier alpha value is -2.99. The van der Waals surface area contributed by atoms with Gasteiger partial charge in [-0.1, -0.05) is 17.4 Å². The molecule has 2 bridgehead atoms. The summed E-state index contributed by atoms with van der Waals surface area (Å²) in [5, 5.41) is 13.6. The van der Waals surface area contributed by atoms with Gasteiger partial charge in [-0.15, -0.1) is 0 Å². The van der Waals surface area contributed by atoms with Gasteiger partial charge in [-0.2, -0.15) is 0 Å². The zero-order valence-electron chi connectivity index (χ0n) is 25.2. The van der Waals surface area contributed by atoms with Crippen molar-refractivity contribution in [2.24, 2.45) is 17.3 Å². The van der Waals surface area contributed by atoms with Crippen LogP contribution in [0.1, 0.15) is 64.1 Å². The number of anilines is 1. The second-order valence-electron chi connectivity index (χ2n) is 13.8. The van der Waals surface area contributed by atoms with E-state index < -0.39 is 6.10 Å². The van der Waals surface area contributed by atoms with E-state index in [0.29, 0.717) is 28.9 Å². The molecule has 6 aliphatic rings. The van der Waals surface area contributed by atoms with E-state index in [9.17, 15) is 14.7 Å². The molecule has 6 fully saturated rings. The van der Waals surface area contributed by atoms with Gasteiger partial charge in [0, 0.05) is 55.6 Å². The van der Waals surface area contributed by atoms with E-state index >= 15 is 0 Å². The van der Waals surface area contributed by atoms with Gasteiger partial charge in [-0.3, -0.25) is 14.5 Å². The Morgan fingerprint density at radius 1 is 1.11 bits per heavy atom. The number of thiazole rings is 1. The molecule has 232 valence electrons. The number of aromatic nitrogens is 3. The van der Waals surface area contributed by atoms with Crippen molar-refractivity contribution in [2.45, 2.75) is 89.2 Å². The number of aliphatic hydroxyl groups is 1. The topological polar surface area (TPSA) is 121 Å². The number of amides is 2. The van der Waals surface area contributed by atoms with Gasteiger partial charge in [0.15, 0.2) is 11.0 Å². The molecule has 9 rings (SSSR count). The fourth-order valence-corrected chi connectivity index (χ4v) is 8.98. The Labute approximate surface area is 261 Å². The third kappa shape index (κ3) is 5.11. The van der Waals surface area contributed by atoms with Gasteiger partial charge >= 0.3 is 0 Å².